The number of carbonyl (C=O) groups is 1. The Labute approximate surface area is 238 Å². The number of nitrogens with one attached hydrogen (secondary N) is 3. The van der Waals surface area contributed by atoms with Gasteiger partial charge in [-0.25, -0.2) is 18.6 Å². The van der Waals surface area contributed by atoms with E-state index in [4.69, 9.17) is 23.2 Å². The van der Waals surface area contributed by atoms with E-state index in [-0.39, 0.29) is 29.4 Å². The summed E-state index contributed by atoms with van der Waals surface area (Å²) in [5, 5.41) is 6.97. The monoisotopic (exact) mass is 582 g/mol. The molecular weight excluding hydrogens is 555 g/mol. The Hall–Kier alpha value is -3.14. The van der Waals surface area contributed by atoms with Gasteiger partial charge < -0.3 is 5.32 Å². The summed E-state index contributed by atoms with van der Waals surface area (Å²) in [5.41, 5.74) is 7.02. The van der Waals surface area contributed by atoms with Crippen LogP contribution in [0.1, 0.15) is 30.5 Å². The fourth-order valence-electron chi connectivity index (χ4n) is 4.93. The van der Waals surface area contributed by atoms with Gasteiger partial charge in [0.25, 0.3) is 0 Å². The summed E-state index contributed by atoms with van der Waals surface area (Å²) in [5.74, 6) is -0.227. The third-order valence-electron chi connectivity index (χ3n) is 6.77. The van der Waals surface area contributed by atoms with Crippen LogP contribution in [0.15, 0.2) is 83.8 Å². The number of amides is 1. The van der Waals surface area contributed by atoms with Crippen molar-refractivity contribution < 1.29 is 13.2 Å². The number of carbonyl (C=O) groups excluding carboxylic acids is 1. The second-order valence-corrected chi connectivity index (χ2v) is 12.2. The maximum atomic E-state index is 13.5. The van der Waals surface area contributed by atoms with Gasteiger partial charge in [-0.3, -0.25) is 9.80 Å². The minimum atomic E-state index is -3.87. The second kappa shape index (κ2) is 11.2. The minimum absolute atomic E-state index is 0.0726. The molecule has 0 saturated carbocycles. The first-order chi connectivity index (χ1) is 18.6. The van der Waals surface area contributed by atoms with E-state index in [1.54, 1.807) is 48.5 Å². The van der Waals surface area contributed by atoms with Crippen LogP contribution in [-0.4, -0.2) is 26.9 Å². The predicted molar refractivity (Wildman–Crippen MR) is 158 cm³/mol. The summed E-state index contributed by atoms with van der Waals surface area (Å²) in [6, 6.07) is 23.6. The molecule has 0 aliphatic carbocycles. The second-order valence-electron chi connectivity index (χ2n) is 9.64. The van der Waals surface area contributed by atoms with Crippen LogP contribution in [0.25, 0.3) is 10.8 Å². The number of rotatable bonds is 7. The molecule has 1 aliphatic rings. The van der Waals surface area contributed by atoms with Crippen LogP contribution >= 0.6 is 23.2 Å². The van der Waals surface area contributed by atoms with Gasteiger partial charge in [0.15, 0.2) is 0 Å². The van der Waals surface area contributed by atoms with Gasteiger partial charge in [-0.05, 0) is 49.2 Å². The number of hydrogen-bond acceptors (Lipinski definition) is 5. The Morgan fingerprint density at radius 3 is 2.44 bits per heavy atom. The molecule has 7 nitrogen and oxygen atoms in total. The fourth-order valence-corrected chi connectivity index (χ4v) is 6.73. The zero-order chi connectivity index (χ0) is 27.7. The van der Waals surface area contributed by atoms with E-state index < -0.39 is 10.0 Å². The lowest BCUT2D eigenvalue weighted by Gasteiger charge is -2.28. The molecule has 0 bridgehead atoms. The smallest absolute Gasteiger partial charge is 0.241 e. The van der Waals surface area contributed by atoms with E-state index in [0.29, 0.717) is 32.9 Å². The van der Waals surface area contributed by atoms with Gasteiger partial charge in [0.2, 0.25) is 15.9 Å². The zero-order valence-electron chi connectivity index (χ0n) is 21.4. The average Bonchev–Trinajstić information content (AvgIpc) is 3.31. The number of hydrogen-bond donors (Lipinski definition) is 3. The molecule has 5 rings (SSSR count). The average molecular weight is 584 g/mol. The molecule has 202 valence electrons. The molecule has 2 unspecified atom stereocenters. The third-order valence-corrected chi connectivity index (χ3v) is 8.79. The van der Waals surface area contributed by atoms with Crippen LogP contribution in [0.5, 0.6) is 0 Å². The number of sulfonamides is 1. The van der Waals surface area contributed by atoms with Crippen LogP contribution in [-0.2, 0) is 14.8 Å². The van der Waals surface area contributed by atoms with Crippen LogP contribution in [0.4, 0.5) is 11.4 Å². The number of anilines is 2. The van der Waals surface area contributed by atoms with Gasteiger partial charge in [-0.1, -0.05) is 77.3 Å². The molecule has 1 heterocycles. The quantitative estimate of drug-likeness (QED) is 0.241. The highest BCUT2D eigenvalue weighted by atomic mass is 35.5. The molecule has 1 fully saturated rings. The van der Waals surface area contributed by atoms with Crippen molar-refractivity contribution >= 4 is 61.3 Å². The first-order valence-electron chi connectivity index (χ1n) is 12.5. The first kappa shape index (κ1) is 27.4. The first-order valence-corrected chi connectivity index (χ1v) is 14.7. The number of hydrazine groups is 1. The molecule has 0 radical (unpaired) electrons. The predicted octanol–water partition coefficient (Wildman–Crippen LogP) is 6.22. The van der Waals surface area contributed by atoms with Crippen molar-refractivity contribution in [2.75, 3.05) is 16.9 Å². The van der Waals surface area contributed by atoms with E-state index in [9.17, 15) is 13.2 Å². The summed E-state index contributed by atoms with van der Waals surface area (Å²) >= 11 is 12.7. The SMILES string of the molecule is CC(=O)Nc1cccc2c(S(=O)(=O)NCC3CC(c4ccc(C)cc4)N(c4ccc(Cl)cc4Cl)N3)cccc12. The highest BCUT2D eigenvalue weighted by Crippen LogP contribution is 2.39. The molecule has 10 heteroatoms. The van der Waals surface area contributed by atoms with Gasteiger partial charge >= 0.3 is 0 Å². The number of fused-ring (bicyclic) bond motifs is 1. The third kappa shape index (κ3) is 5.90. The van der Waals surface area contributed by atoms with Crippen molar-refractivity contribution in [2.45, 2.75) is 37.2 Å². The summed E-state index contributed by atoms with van der Waals surface area (Å²) < 4.78 is 29.8. The van der Waals surface area contributed by atoms with Crippen molar-refractivity contribution in [1.82, 2.24) is 10.1 Å². The Morgan fingerprint density at radius 2 is 1.72 bits per heavy atom. The van der Waals surface area contributed by atoms with Gasteiger partial charge in [0.1, 0.15) is 0 Å². The summed E-state index contributed by atoms with van der Waals surface area (Å²) in [7, 11) is -3.87. The van der Waals surface area contributed by atoms with Crippen LogP contribution in [0, 0.1) is 6.92 Å². The summed E-state index contributed by atoms with van der Waals surface area (Å²) in [6.45, 7) is 3.61. The molecule has 39 heavy (non-hydrogen) atoms. The largest absolute Gasteiger partial charge is 0.326 e. The van der Waals surface area contributed by atoms with Gasteiger partial charge in [0, 0.05) is 41.0 Å². The normalized spacial score (nSPS) is 17.5. The van der Waals surface area contributed by atoms with E-state index in [1.165, 1.54) is 6.92 Å². The van der Waals surface area contributed by atoms with Crippen molar-refractivity contribution in [2.24, 2.45) is 0 Å². The Balaban J connectivity index is 1.41. The maximum absolute atomic E-state index is 13.5. The molecule has 1 amide bonds. The Morgan fingerprint density at radius 1 is 1.00 bits per heavy atom. The van der Waals surface area contributed by atoms with E-state index >= 15 is 0 Å². The maximum Gasteiger partial charge on any atom is 0.241 e. The Kier molecular flexibility index (Phi) is 7.84. The Bertz CT molecular complexity index is 1640. The number of nitrogens with zero attached hydrogens (tertiary/aromatic N) is 1. The van der Waals surface area contributed by atoms with Crippen molar-refractivity contribution in [1.29, 1.82) is 0 Å². The summed E-state index contributed by atoms with van der Waals surface area (Å²) in [4.78, 5) is 11.8. The minimum Gasteiger partial charge on any atom is -0.326 e. The highest BCUT2D eigenvalue weighted by Gasteiger charge is 2.35. The number of benzene rings is 4. The molecule has 3 N–H and O–H groups in total. The lowest BCUT2D eigenvalue weighted by Crippen LogP contribution is -2.42. The van der Waals surface area contributed by atoms with Crippen LogP contribution < -0.4 is 20.5 Å². The number of aryl methyl sites for hydroxylation is 1. The molecule has 4 aromatic rings. The molecular formula is C29H28Cl2N4O3S. The molecule has 1 saturated heterocycles. The summed E-state index contributed by atoms with van der Waals surface area (Å²) in [6.07, 6.45) is 0.646. The van der Waals surface area contributed by atoms with Crippen LogP contribution in [0.3, 0.4) is 0 Å². The van der Waals surface area contributed by atoms with Crippen molar-refractivity contribution in [3.05, 3.63) is 100 Å². The lowest BCUT2D eigenvalue weighted by molar-refractivity contribution is -0.114. The van der Waals surface area contributed by atoms with Gasteiger partial charge in [-0.15, -0.1) is 0 Å². The standard InChI is InChI=1S/C29H28Cl2N4O3S/c1-18-9-11-20(12-10-18)28-16-22(34-35(28)27-14-13-21(30)15-25(27)31)17-32-39(37,38)29-8-4-5-23-24(29)6-3-7-26(23)33-19(2)36/h3-15,22,28,32,34H,16-17H2,1-2H3,(H,33,36). The molecule has 0 aromatic heterocycles. The number of halogens is 2. The van der Waals surface area contributed by atoms with Gasteiger partial charge in [-0.2, -0.15) is 0 Å². The lowest BCUT2D eigenvalue weighted by atomic mass is 10.00. The van der Waals surface area contributed by atoms with Gasteiger partial charge in [0.05, 0.1) is 21.6 Å². The van der Waals surface area contributed by atoms with E-state index in [2.05, 4.69) is 39.7 Å². The molecule has 1 aliphatic heterocycles. The van der Waals surface area contributed by atoms with Crippen molar-refractivity contribution in [3.63, 3.8) is 0 Å². The molecule has 4 aromatic carbocycles. The zero-order valence-corrected chi connectivity index (χ0v) is 23.7. The van der Waals surface area contributed by atoms with E-state index in [0.717, 1.165) is 16.8 Å². The molecule has 2 atom stereocenters. The highest BCUT2D eigenvalue weighted by molar-refractivity contribution is 7.89. The van der Waals surface area contributed by atoms with Crippen molar-refractivity contribution in [3.8, 4) is 0 Å². The molecule has 0 spiro atoms. The fraction of sp³-hybridized carbons (Fsp3) is 0.207. The van der Waals surface area contributed by atoms with Crippen LogP contribution in [0.2, 0.25) is 10.0 Å². The topological polar surface area (TPSA) is 90.5 Å². The van der Waals surface area contributed by atoms with E-state index in [1.807, 2.05) is 18.0 Å².